The molecule has 0 aromatic carbocycles. The van der Waals surface area contributed by atoms with E-state index in [1.807, 2.05) is 4.90 Å². The number of nitrogens with zero attached hydrogens (tertiary/aromatic N) is 3. The highest BCUT2D eigenvalue weighted by atomic mass is 16.5. The van der Waals surface area contributed by atoms with Gasteiger partial charge >= 0.3 is 0 Å². The largest absolute Gasteiger partial charge is 0.377 e. The zero-order valence-corrected chi connectivity index (χ0v) is 12.4. The summed E-state index contributed by atoms with van der Waals surface area (Å²) in [4.78, 5) is 19.1. The van der Waals surface area contributed by atoms with Gasteiger partial charge in [-0.3, -0.25) is 4.79 Å². The smallest absolute Gasteiger partial charge is 0.272 e. The van der Waals surface area contributed by atoms with E-state index in [2.05, 4.69) is 16.5 Å². The quantitative estimate of drug-likeness (QED) is 0.829. The summed E-state index contributed by atoms with van der Waals surface area (Å²) in [5, 5.41) is 0. The number of carbonyl (C=O) groups is 1. The van der Waals surface area contributed by atoms with Crippen LogP contribution in [0.3, 0.4) is 0 Å². The summed E-state index contributed by atoms with van der Waals surface area (Å²) >= 11 is 0. The predicted octanol–water partition coefficient (Wildman–Crippen LogP) is 1.86. The number of amides is 1. The molecule has 1 amide bonds. The van der Waals surface area contributed by atoms with Crippen molar-refractivity contribution in [1.29, 1.82) is 0 Å². The van der Waals surface area contributed by atoms with Gasteiger partial charge in [0.2, 0.25) is 0 Å². The second-order valence-corrected chi connectivity index (χ2v) is 6.15. The molecule has 20 heavy (non-hydrogen) atoms. The molecule has 3 rings (SSSR count). The minimum absolute atomic E-state index is 0.105. The van der Waals surface area contributed by atoms with Gasteiger partial charge in [0.05, 0.1) is 11.8 Å². The lowest BCUT2D eigenvalue weighted by molar-refractivity contribution is -0.0442. The fourth-order valence-corrected chi connectivity index (χ4v) is 3.29. The highest BCUT2D eigenvalue weighted by Crippen LogP contribution is 2.26. The lowest BCUT2D eigenvalue weighted by Gasteiger charge is -2.39. The number of ether oxygens (including phenoxy) is 1. The Kier molecular flexibility index (Phi) is 3.54. The molecule has 1 aromatic heterocycles. The third kappa shape index (κ3) is 2.35. The molecule has 2 aliphatic heterocycles. The van der Waals surface area contributed by atoms with Crippen molar-refractivity contribution in [2.45, 2.75) is 51.2 Å². The van der Waals surface area contributed by atoms with Crippen molar-refractivity contribution in [1.82, 2.24) is 14.5 Å². The maximum atomic E-state index is 12.7. The Morgan fingerprint density at radius 1 is 1.35 bits per heavy atom. The van der Waals surface area contributed by atoms with E-state index in [9.17, 15) is 4.79 Å². The molecule has 0 saturated carbocycles. The van der Waals surface area contributed by atoms with Crippen molar-refractivity contribution in [2.75, 3.05) is 20.2 Å². The molecular weight excluding hydrogens is 254 g/mol. The number of imidazole rings is 1. The van der Waals surface area contributed by atoms with Crippen LogP contribution >= 0.6 is 0 Å². The van der Waals surface area contributed by atoms with E-state index in [0.29, 0.717) is 6.54 Å². The Hall–Kier alpha value is -1.36. The van der Waals surface area contributed by atoms with Crippen molar-refractivity contribution < 1.29 is 9.53 Å². The van der Waals surface area contributed by atoms with E-state index in [4.69, 9.17) is 4.74 Å². The van der Waals surface area contributed by atoms with Crippen LogP contribution < -0.4 is 0 Å². The molecule has 1 saturated heterocycles. The van der Waals surface area contributed by atoms with Crippen LogP contribution in [0.1, 0.15) is 48.9 Å². The number of methoxy groups -OCH3 is 1. The number of hydrogen-bond acceptors (Lipinski definition) is 3. The number of hydrogen-bond donors (Lipinski definition) is 0. The topological polar surface area (TPSA) is 47.4 Å². The summed E-state index contributed by atoms with van der Waals surface area (Å²) in [6.07, 6.45) is 7.06. The van der Waals surface area contributed by atoms with E-state index < -0.39 is 0 Å². The third-order valence-electron chi connectivity index (χ3n) is 4.63. The van der Waals surface area contributed by atoms with Crippen LogP contribution in [0.15, 0.2) is 6.20 Å². The molecule has 2 aliphatic rings. The number of likely N-dealkylation sites (tertiary alicyclic amines) is 1. The molecule has 5 heteroatoms. The van der Waals surface area contributed by atoms with Gasteiger partial charge < -0.3 is 14.2 Å². The summed E-state index contributed by atoms with van der Waals surface area (Å²) in [5.74, 6) is 1.17. The Bertz CT molecular complexity index is 511. The van der Waals surface area contributed by atoms with Crippen LogP contribution in [-0.4, -0.2) is 46.2 Å². The summed E-state index contributed by atoms with van der Waals surface area (Å²) in [7, 11) is 1.73. The van der Waals surface area contributed by atoms with Gasteiger partial charge in [-0.2, -0.15) is 0 Å². The van der Waals surface area contributed by atoms with Gasteiger partial charge in [0.15, 0.2) is 0 Å². The van der Waals surface area contributed by atoms with Gasteiger partial charge in [-0.15, -0.1) is 0 Å². The third-order valence-corrected chi connectivity index (χ3v) is 4.63. The van der Waals surface area contributed by atoms with Crippen LogP contribution in [0.2, 0.25) is 0 Å². The van der Waals surface area contributed by atoms with Crippen LogP contribution in [0.5, 0.6) is 0 Å². The normalized spacial score (nSPS) is 26.4. The van der Waals surface area contributed by atoms with Crippen molar-refractivity contribution in [3.05, 3.63) is 17.7 Å². The minimum Gasteiger partial charge on any atom is -0.377 e. The average Bonchev–Trinajstić information content (AvgIpc) is 2.90. The molecular formula is C15H23N3O2. The Morgan fingerprint density at radius 3 is 3.00 bits per heavy atom. The summed E-state index contributed by atoms with van der Waals surface area (Å²) < 4.78 is 7.67. The van der Waals surface area contributed by atoms with Gasteiger partial charge in [-0.25, -0.2) is 4.98 Å². The molecule has 110 valence electrons. The molecule has 5 nitrogen and oxygen atoms in total. The van der Waals surface area contributed by atoms with Crippen LogP contribution in [0, 0.1) is 0 Å². The summed E-state index contributed by atoms with van der Waals surface area (Å²) in [6.45, 7) is 4.49. The SMILES string of the molecule is COC1(C)CCCN(C(=O)c2cnc3n2CCCC3)C1. The molecule has 0 radical (unpaired) electrons. The standard InChI is InChI=1S/C15H23N3O2/c1-15(20-2)7-5-8-17(11-15)14(19)12-10-16-13-6-3-4-9-18(12)13/h10H,3-9,11H2,1-2H3. The number of aromatic nitrogens is 2. The van der Waals surface area contributed by atoms with Crippen molar-refractivity contribution in [3.63, 3.8) is 0 Å². The van der Waals surface area contributed by atoms with Crippen LogP contribution in [-0.2, 0) is 17.7 Å². The van der Waals surface area contributed by atoms with Gasteiger partial charge in [0, 0.05) is 33.2 Å². The number of piperidine rings is 1. The number of rotatable bonds is 2. The van der Waals surface area contributed by atoms with Crippen molar-refractivity contribution >= 4 is 5.91 Å². The number of carbonyl (C=O) groups excluding carboxylic acids is 1. The number of aryl methyl sites for hydroxylation is 1. The van der Waals surface area contributed by atoms with E-state index in [1.165, 1.54) is 6.42 Å². The highest BCUT2D eigenvalue weighted by molar-refractivity contribution is 5.92. The fraction of sp³-hybridized carbons (Fsp3) is 0.733. The zero-order chi connectivity index (χ0) is 14.2. The monoisotopic (exact) mass is 277 g/mol. The van der Waals surface area contributed by atoms with E-state index >= 15 is 0 Å². The summed E-state index contributed by atoms with van der Waals surface area (Å²) in [6, 6.07) is 0. The van der Waals surface area contributed by atoms with Crippen LogP contribution in [0.4, 0.5) is 0 Å². The maximum absolute atomic E-state index is 12.7. The van der Waals surface area contributed by atoms with Gasteiger partial charge in [-0.1, -0.05) is 0 Å². The Balaban J connectivity index is 1.80. The van der Waals surface area contributed by atoms with Gasteiger partial charge in [0.25, 0.3) is 5.91 Å². The van der Waals surface area contributed by atoms with Gasteiger partial charge in [0.1, 0.15) is 11.5 Å². The lowest BCUT2D eigenvalue weighted by Crippen LogP contribution is -2.50. The lowest BCUT2D eigenvalue weighted by atomic mass is 9.94. The maximum Gasteiger partial charge on any atom is 0.272 e. The highest BCUT2D eigenvalue weighted by Gasteiger charge is 2.34. The molecule has 0 bridgehead atoms. The zero-order valence-electron chi connectivity index (χ0n) is 12.4. The Morgan fingerprint density at radius 2 is 2.20 bits per heavy atom. The second-order valence-electron chi connectivity index (χ2n) is 6.15. The molecule has 0 aliphatic carbocycles. The summed E-state index contributed by atoms with van der Waals surface area (Å²) in [5.41, 5.74) is 0.540. The second kappa shape index (κ2) is 5.20. The first-order valence-electron chi connectivity index (χ1n) is 7.52. The van der Waals surface area contributed by atoms with Crippen LogP contribution in [0.25, 0.3) is 0 Å². The molecule has 3 heterocycles. The van der Waals surface area contributed by atoms with E-state index in [1.54, 1.807) is 13.3 Å². The first-order valence-corrected chi connectivity index (χ1v) is 7.52. The molecule has 0 N–H and O–H groups in total. The van der Waals surface area contributed by atoms with Crippen molar-refractivity contribution in [3.8, 4) is 0 Å². The molecule has 1 atom stereocenters. The Labute approximate surface area is 119 Å². The van der Waals surface area contributed by atoms with E-state index in [-0.39, 0.29) is 11.5 Å². The molecule has 1 aromatic rings. The minimum atomic E-state index is -0.210. The predicted molar refractivity (Wildman–Crippen MR) is 75.7 cm³/mol. The van der Waals surface area contributed by atoms with E-state index in [0.717, 1.165) is 50.3 Å². The van der Waals surface area contributed by atoms with Gasteiger partial charge in [-0.05, 0) is 32.6 Å². The fourth-order valence-electron chi connectivity index (χ4n) is 3.29. The molecule has 1 fully saturated rings. The number of fused-ring (bicyclic) bond motifs is 1. The first-order chi connectivity index (χ1) is 9.63. The molecule has 0 spiro atoms. The van der Waals surface area contributed by atoms with Crippen molar-refractivity contribution in [2.24, 2.45) is 0 Å². The first kappa shape index (κ1) is 13.6. The average molecular weight is 277 g/mol. The molecule has 1 unspecified atom stereocenters.